The fourth-order valence-corrected chi connectivity index (χ4v) is 1.36. The van der Waals surface area contributed by atoms with Crippen LogP contribution >= 0.6 is 0 Å². The molecule has 0 amide bonds. The van der Waals surface area contributed by atoms with E-state index in [0.29, 0.717) is 6.42 Å². The zero-order valence-electron chi connectivity index (χ0n) is 8.58. The second-order valence-electron chi connectivity index (χ2n) is 3.92. The number of nitriles is 1. The Bertz CT molecular complexity index is 217. The molecule has 0 N–H and O–H groups in total. The SMILES string of the molecule is CC(C)=CCN(CCC#N)C1CC1. The van der Waals surface area contributed by atoms with Crippen LogP contribution in [0, 0.1) is 11.3 Å². The highest BCUT2D eigenvalue weighted by molar-refractivity contribution is 4.98. The van der Waals surface area contributed by atoms with E-state index in [0.717, 1.165) is 19.1 Å². The van der Waals surface area contributed by atoms with Crippen molar-refractivity contribution in [2.45, 2.75) is 39.2 Å². The quantitative estimate of drug-likeness (QED) is 0.604. The van der Waals surface area contributed by atoms with Crippen LogP contribution in [0.4, 0.5) is 0 Å². The fourth-order valence-electron chi connectivity index (χ4n) is 1.36. The molecule has 0 aliphatic heterocycles. The van der Waals surface area contributed by atoms with Crippen LogP contribution in [0.2, 0.25) is 0 Å². The van der Waals surface area contributed by atoms with Gasteiger partial charge in [0, 0.05) is 25.6 Å². The van der Waals surface area contributed by atoms with Crippen LogP contribution in [0.1, 0.15) is 33.1 Å². The molecule has 13 heavy (non-hydrogen) atoms. The van der Waals surface area contributed by atoms with E-state index in [9.17, 15) is 0 Å². The Morgan fingerprint density at radius 2 is 2.23 bits per heavy atom. The molecule has 0 aromatic heterocycles. The predicted molar refractivity (Wildman–Crippen MR) is 54.3 cm³/mol. The zero-order chi connectivity index (χ0) is 9.68. The topological polar surface area (TPSA) is 27.0 Å². The van der Waals surface area contributed by atoms with Gasteiger partial charge in [-0.05, 0) is 26.7 Å². The van der Waals surface area contributed by atoms with Gasteiger partial charge in [0.25, 0.3) is 0 Å². The Labute approximate surface area is 80.8 Å². The molecule has 0 heterocycles. The number of nitrogens with zero attached hydrogens (tertiary/aromatic N) is 2. The predicted octanol–water partition coefficient (Wildman–Crippen LogP) is 2.33. The van der Waals surface area contributed by atoms with Gasteiger partial charge in [-0.1, -0.05) is 11.6 Å². The largest absolute Gasteiger partial charge is 0.296 e. The Morgan fingerprint density at radius 3 is 2.69 bits per heavy atom. The second kappa shape index (κ2) is 5.04. The van der Waals surface area contributed by atoms with Crippen molar-refractivity contribution >= 4 is 0 Å². The molecule has 0 bridgehead atoms. The summed E-state index contributed by atoms with van der Waals surface area (Å²) in [4.78, 5) is 2.41. The van der Waals surface area contributed by atoms with Crippen molar-refractivity contribution in [3.63, 3.8) is 0 Å². The number of rotatable bonds is 5. The molecule has 72 valence electrons. The molecule has 0 atom stereocenters. The first-order valence-electron chi connectivity index (χ1n) is 4.98. The van der Waals surface area contributed by atoms with Crippen LogP contribution in [0.3, 0.4) is 0 Å². The van der Waals surface area contributed by atoms with Crippen LogP contribution in [0.25, 0.3) is 0 Å². The number of hydrogen-bond acceptors (Lipinski definition) is 2. The van der Waals surface area contributed by atoms with Gasteiger partial charge in [0.1, 0.15) is 0 Å². The summed E-state index contributed by atoms with van der Waals surface area (Å²) in [6.45, 7) is 6.20. The lowest BCUT2D eigenvalue weighted by Gasteiger charge is -2.18. The lowest BCUT2D eigenvalue weighted by Crippen LogP contribution is -2.27. The normalized spacial score (nSPS) is 15.5. The average Bonchev–Trinajstić information content (AvgIpc) is 2.87. The second-order valence-corrected chi connectivity index (χ2v) is 3.92. The van der Waals surface area contributed by atoms with Crippen molar-refractivity contribution in [1.82, 2.24) is 4.90 Å². The summed E-state index contributed by atoms with van der Waals surface area (Å²) in [6.07, 6.45) is 5.55. The van der Waals surface area contributed by atoms with Crippen LogP contribution in [0.15, 0.2) is 11.6 Å². The highest BCUT2D eigenvalue weighted by Crippen LogP contribution is 2.26. The maximum atomic E-state index is 8.50. The van der Waals surface area contributed by atoms with Crippen molar-refractivity contribution < 1.29 is 0 Å². The van der Waals surface area contributed by atoms with Crippen LogP contribution in [0.5, 0.6) is 0 Å². The minimum absolute atomic E-state index is 0.660. The minimum atomic E-state index is 0.660. The van der Waals surface area contributed by atoms with Crippen molar-refractivity contribution in [2.24, 2.45) is 0 Å². The fraction of sp³-hybridized carbons (Fsp3) is 0.727. The van der Waals surface area contributed by atoms with Crippen molar-refractivity contribution in [3.05, 3.63) is 11.6 Å². The molecule has 1 saturated carbocycles. The average molecular weight is 178 g/mol. The Hall–Kier alpha value is -0.810. The first-order valence-corrected chi connectivity index (χ1v) is 4.98. The van der Waals surface area contributed by atoms with Crippen LogP contribution in [-0.4, -0.2) is 24.0 Å². The summed E-state index contributed by atoms with van der Waals surface area (Å²) in [5.41, 5.74) is 1.36. The monoisotopic (exact) mass is 178 g/mol. The van der Waals surface area contributed by atoms with Gasteiger partial charge in [0.2, 0.25) is 0 Å². The standard InChI is InChI=1S/C11H18N2/c1-10(2)6-9-13(8-3-7-12)11-4-5-11/h6,11H,3-5,8-9H2,1-2H3. The first-order chi connectivity index (χ1) is 6.24. The molecule has 2 nitrogen and oxygen atoms in total. The summed E-state index contributed by atoms with van der Waals surface area (Å²) in [5.74, 6) is 0. The summed E-state index contributed by atoms with van der Waals surface area (Å²) < 4.78 is 0. The van der Waals surface area contributed by atoms with Gasteiger partial charge in [-0.25, -0.2) is 0 Å². The molecule has 0 spiro atoms. The molecule has 2 heteroatoms. The minimum Gasteiger partial charge on any atom is -0.296 e. The highest BCUT2D eigenvalue weighted by atomic mass is 15.2. The molecule has 0 saturated heterocycles. The molecular weight excluding hydrogens is 160 g/mol. The zero-order valence-corrected chi connectivity index (χ0v) is 8.58. The van der Waals surface area contributed by atoms with Crippen molar-refractivity contribution in [2.75, 3.05) is 13.1 Å². The Balaban J connectivity index is 2.30. The van der Waals surface area contributed by atoms with Crippen LogP contribution < -0.4 is 0 Å². The van der Waals surface area contributed by atoms with E-state index in [1.807, 2.05) is 0 Å². The Morgan fingerprint density at radius 1 is 1.54 bits per heavy atom. The lowest BCUT2D eigenvalue weighted by molar-refractivity contribution is 0.298. The smallest absolute Gasteiger partial charge is 0.0635 e. The first kappa shape index (κ1) is 10.3. The van der Waals surface area contributed by atoms with E-state index >= 15 is 0 Å². The van der Waals surface area contributed by atoms with Gasteiger partial charge in [-0.15, -0.1) is 0 Å². The summed E-state index contributed by atoms with van der Waals surface area (Å²) in [5, 5.41) is 8.50. The molecule has 0 unspecified atom stereocenters. The molecule has 1 rings (SSSR count). The number of allylic oxidation sites excluding steroid dienone is 1. The summed E-state index contributed by atoms with van der Waals surface area (Å²) >= 11 is 0. The van der Waals surface area contributed by atoms with Crippen LogP contribution in [-0.2, 0) is 0 Å². The molecular formula is C11H18N2. The molecule has 0 aromatic carbocycles. The van der Waals surface area contributed by atoms with Gasteiger partial charge >= 0.3 is 0 Å². The molecule has 0 aromatic rings. The number of hydrogen-bond donors (Lipinski definition) is 0. The van der Waals surface area contributed by atoms with Gasteiger partial charge < -0.3 is 0 Å². The van der Waals surface area contributed by atoms with Crippen molar-refractivity contribution in [1.29, 1.82) is 5.26 Å². The van der Waals surface area contributed by atoms with E-state index in [-0.39, 0.29) is 0 Å². The Kier molecular flexibility index (Phi) is 3.98. The van der Waals surface area contributed by atoms with Gasteiger partial charge in [0.05, 0.1) is 6.07 Å². The van der Waals surface area contributed by atoms with Crippen molar-refractivity contribution in [3.8, 4) is 6.07 Å². The molecule has 1 aliphatic carbocycles. The van der Waals surface area contributed by atoms with E-state index in [2.05, 4.69) is 30.9 Å². The molecule has 0 radical (unpaired) electrons. The summed E-state index contributed by atoms with van der Waals surface area (Å²) in [6, 6.07) is 2.97. The third-order valence-electron chi connectivity index (χ3n) is 2.31. The molecule has 1 fully saturated rings. The van der Waals surface area contributed by atoms with E-state index < -0.39 is 0 Å². The third kappa shape index (κ3) is 4.10. The van der Waals surface area contributed by atoms with Gasteiger partial charge in [-0.3, -0.25) is 4.90 Å². The van der Waals surface area contributed by atoms with E-state index in [4.69, 9.17) is 5.26 Å². The van der Waals surface area contributed by atoms with E-state index in [1.54, 1.807) is 0 Å². The highest BCUT2D eigenvalue weighted by Gasteiger charge is 2.27. The lowest BCUT2D eigenvalue weighted by atomic mass is 10.3. The van der Waals surface area contributed by atoms with E-state index in [1.165, 1.54) is 18.4 Å². The molecule has 1 aliphatic rings. The third-order valence-corrected chi connectivity index (χ3v) is 2.31. The summed E-state index contributed by atoms with van der Waals surface area (Å²) in [7, 11) is 0. The maximum absolute atomic E-state index is 8.50. The van der Waals surface area contributed by atoms with Gasteiger partial charge in [-0.2, -0.15) is 5.26 Å². The maximum Gasteiger partial charge on any atom is 0.0635 e. The van der Waals surface area contributed by atoms with Gasteiger partial charge in [0.15, 0.2) is 0 Å².